The van der Waals surface area contributed by atoms with Crippen LogP contribution in [0.5, 0.6) is 5.75 Å². The third kappa shape index (κ3) is 2.37. The number of rotatable bonds is 3. The summed E-state index contributed by atoms with van der Waals surface area (Å²) in [7, 11) is 0. The maximum atomic E-state index is 14.0. The molecular formula is C20H18FN3O4. The number of halogens is 1. The molecule has 1 aromatic carbocycles. The highest BCUT2D eigenvalue weighted by Gasteiger charge is 2.26. The average molecular weight is 383 g/mol. The second-order valence-electron chi connectivity index (χ2n) is 7.08. The monoisotopic (exact) mass is 383 g/mol. The van der Waals surface area contributed by atoms with E-state index in [9.17, 15) is 19.1 Å². The lowest BCUT2D eigenvalue weighted by molar-refractivity contribution is 0.0694. The molecule has 3 aromatic rings. The van der Waals surface area contributed by atoms with Crippen LogP contribution in [-0.4, -0.2) is 33.4 Å². The minimum Gasteiger partial charge on any atom is -0.489 e. The molecule has 4 heterocycles. The van der Waals surface area contributed by atoms with E-state index in [-0.39, 0.29) is 10.9 Å². The first-order chi connectivity index (χ1) is 13.6. The Morgan fingerprint density at radius 2 is 2.11 bits per heavy atom. The summed E-state index contributed by atoms with van der Waals surface area (Å²) in [6.45, 7) is 2.40. The number of fused-ring (bicyclic) bond motifs is 1. The normalized spacial score (nSPS) is 15.3. The molecule has 0 bridgehead atoms. The fourth-order valence-corrected chi connectivity index (χ4v) is 4.18. The zero-order chi connectivity index (χ0) is 19.4. The number of aromatic nitrogens is 2. The van der Waals surface area contributed by atoms with Crippen molar-refractivity contribution in [1.29, 1.82) is 0 Å². The molecular weight excluding hydrogens is 365 g/mol. The van der Waals surface area contributed by atoms with Gasteiger partial charge in [0.2, 0.25) is 5.43 Å². The lowest BCUT2D eigenvalue weighted by atomic mass is 9.96. The van der Waals surface area contributed by atoms with Gasteiger partial charge in [-0.05, 0) is 17.7 Å². The van der Waals surface area contributed by atoms with Gasteiger partial charge >= 0.3 is 5.97 Å². The molecule has 5 rings (SSSR count). The third-order valence-corrected chi connectivity index (χ3v) is 5.46. The predicted molar refractivity (Wildman–Crippen MR) is 101 cm³/mol. The molecule has 8 heteroatoms. The number of hydrogen-bond donors (Lipinski definition) is 2. The Labute approximate surface area is 159 Å². The van der Waals surface area contributed by atoms with Gasteiger partial charge in [0, 0.05) is 48.8 Å². The average Bonchev–Trinajstić information content (AvgIpc) is 3.13. The van der Waals surface area contributed by atoms with E-state index in [0.29, 0.717) is 35.5 Å². The highest BCUT2D eigenvalue weighted by Crippen LogP contribution is 2.42. The first kappa shape index (κ1) is 17.0. The van der Waals surface area contributed by atoms with Crippen molar-refractivity contribution < 1.29 is 19.0 Å². The second kappa shape index (κ2) is 6.20. The van der Waals surface area contributed by atoms with Gasteiger partial charge in [0.15, 0.2) is 5.75 Å². The maximum Gasteiger partial charge on any atom is 0.341 e. The molecule has 2 aliphatic rings. The van der Waals surface area contributed by atoms with Crippen LogP contribution < -0.4 is 15.5 Å². The number of nitrogens with one attached hydrogen (secondary N) is 1. The lowest BCUT2D eigenvalue weighted by Gasteiger charge is -2.24. The summed E-state index contributed by atoms with van der Waals surface area (Å²) in [5.74, 6) is -0.844. The SMILES string of the molecule is O=C(O)c1cn2c3c(c(-c4cc5n(c4)CCNC5)c(CF)cc3c1=O)OCC2. The van der Waals surface area contributed by atoms with Gasteiger partial charge in [0.1, 0.15) is 18.8 Å². The van der Waals surface area contributed by atoms with Crippen molar-refractivity contribution in [2.45, 2.75) is 26.3 Å². The van der Waals surface area contributed by atoms with Crippen molar-refractivity contribution in [3.63, 3.8) is 0 Å². The van der Waals surface area contributed by atoms with E-state index in [4.69, 9.17) is 4.74 Å². The van der Waals surface area contributed by atoms with Crippen LogP contribution in [0, 0.1) is 0 Å². The van der Waals surface area contributed by atoms with Crippen LogP contribution >= 0.6 is 0 Å². The molecule has 0 saturated heterocycles. The first-order valence-corrected chi connectivity index (χ1v) is 9.13. The van der Waals surface area contributed by atoms with Gasteiger partial charge in [0.05, 0.1) is 17.4 Å². The number of benzene rings is 1. The van der Waals surface area contributed by atoms with E-state index in [1.807, 2.05) is 12.3 Å². The van der Waals surface area contributed by atoms with E-state index in [0.717, 1.165) is 30.9 Å². The molecule has 0 fully saturated rings. The predicted octanol–water partition coefficient (Wildman–Crippen LogP) is 2.13. The Bertz CT molecular complexity index is 1170. The molecule has 0 aliphatic carbocycles. The van der Waals surface area contributed by atoms with Crippen LogP contribution in [0.3, 0.4) is 0 Å². The number of carbonyl (C=O) groups is 1. The number of pyridine rings is 1. The molecule has 0 radical (unpaired) electrons. The standard InChI is InChI=1S/C20H18FN3O4/c21-7-11-6-14-17-19(16(11)12-5-13-8-22-1-2-23(13)9-12)28-4-3-24(17)10-15(18(14)25)20(26)27/h5-6,9-10,22H,1-4,7-8H2,(H,26,27). The molecule has 2 aliphatic heterocycles. The van der Waals surface area contributed by atoms with E-state index in [2.05, 4.69) is 9.88 Å². The molecule has 28 heavy (non-hydrogen) atoms. The van der Waals surface area contributed by atoms with Crippen LogP contribution in [0.15, 0.2) is 29.3 Å². The van der Waals surface area contributed by atoms with Gasteiger partial charge in [0.25, 0.3) is 0 Å². The van der Waals surface area contributed by atoms with Gasteiger partial charge in [-0.1, -0.05) is 0 Å². The van der Waals surface area contributed by atoms with Crippen molar-refractivity contribution in [3.05, 3.63) is 51.6 Å². The van der Waals surface area contributed by atoms with Crippen molar-refractivity contribution in [2.75, 3.05) is 13.2 Å². The Kier molecular flexibility index (Phi) is 3.77. The highest BCUT2D eigenvalue weighted by atomic mass is 19.1. The van der Waals surface area contributed by atoms with E-state index < -0.39 is 18.1 Å². The smallest absolute Gasteiger partial charge is 0.341 e. The quantitative estimate of drug-likeness (QED) is 0.724. The number of ether oxygens (including phenoxy) is 1. The molecule has 0 amide bonds. The zero-order valence-corrected chi connectivity index (χ0v) is 15.0. The summed E-state index contributed by atoms with van der Waals surface area (Å²) in [6, 6.07) is 3.48. The largest absolute Gasteiger partial charge is 0.489 e. The van der Waals surface area contributed by atoms with Crippen molar-refractivity contribution in [3.8, 4) is 16.9 Å². The van der Waals surface area contributed by atoms with Crippen molar-refractivity contribution >= 4 is 16.9 Å². The van der Waals surface area contributed by atoms with Crippen LogP contribution in [0.25, 0.3) is 22.0 Å². The van der Waals surface area contributed by atoms with Crippen LogP contribution in [-0.2, 0) is 26.3 Å². The third-order valence-electron chi connectivity index (χ3n) is 5.46. The number of hydrogen-bond acceptors (Lipinski definition) is 4. The molecule has 0 spiro atoms. The fraction of sp³-hybridized carbons (Fsp3) is 0.300. The van der Waals surface area contributed by atoms with Gasteiger partial charge in [-0.25, -0.2) is 9.18 Å². The Hall–Kier alpha value is -3.13. The van der Waals surface area contributed by atoms with E-state index in [1.54, 1.807) is 4.57 Å². The van der Waals surface area contributed by atoms with Gasteiger partial charge in [-0.2, -0.15) is 0 Å². The molecule has 0 unspecified atom stereocenters. The molecule has 0 atom stereocenters. The summed E-state index contributed by atoms with van der Waals surface area (Å²) in [6.07, 6.45) is 3.34. The zero-order valence-electron chi connectivity index (χ0n) is 15.0. The molecule has 144 valence electrons. The lowest BCUT2D eigenvalue weighted by Crippen LogP contribution is -2.27. The van der Waals surface area contributed by atoms with E-state index >= 15 is 0 Å². The Morgan fingerprint density at radius 3 is 2.86 bits per heavy atom. The number of carboxylic acids is 1. The Morgan fingerprint density at radius 1 is 1.25 bits per heavy atom. The fourth-order valence-electron chi connectivity index (χ4n) is 4.18. The summed E-state index contributed by atoms with van der Waals surface area (Å²) >= 11 is 0. The topological polar surface area (TPSA) is 85.5 Å². The molecule has 2 N–H and O–H groups in total. The van der Waals surface area contributed by atoms with Gasteiger partial charge in [-0.3, -0.25) is 4.79 Å². The maximum absolute atomic E-state index is 14.0. The summed E-state index contributed by atoms with van der Waals surface area (Å²) in [5.41, 5.74) is 2.49. The molecule has 2 aromatic heterocycles. The number of carboxylic acid groups (broad SMARTS) is 1. The Balaban J connectivity index is 1.85. The number of alkyl halides is 1. The van der Waals surface area contributed by atoms with Crippen LogP contribution in [0.1, 0.15) is 21.6 Å². The van der Waals surface area contributed by atoms with Crippen LogP contribution in [0.4, 0.5) is 4.39 Å². The number of nitrogens with zero attached hydrogens (tertiary/aromatic N) is 2. The minimum absolute atomic E-state index is 0.177. The van der Waals surface area contributed by atoms with E-state index in [1.165, 1.54) is 12.3 Å². The van der Waals surface area contributed by atoms with Crippen LogP contribution in [0.2, 0.25) is 0 Å². The van der Waals surface area contributed by atoms with Crippen molar-refractivity contribution in [2.24, 2.45) is 0 Å². The first-order valence-electron chi connectivity index (χ1n) is 9.13. The van der Waals surface area contributed by atoms with Gasteiger partial charge < -0.3 is 24.3 Å². The molecule has 0 saturated carbocycles. The highest BCUT2D eigenvalue weighted by molar-refractivity contribution is 5.98. The minimum atomic E-state index is -1.29. The molecule has 7 nitrogen and oxygen atoms in total. The number of aromatic carboxylic acids is 1. The second-order valence-corrected chi connectivity index (χ2v) is 7.08. The van der Waals surface area contributed by atoms with Gasteiger partial charge in [-0.15, -0.1) is 0 Å². The summed E-state index contributed by atoms with van der Waals surface area (Å²) in [4.78, 5) is 24.2. The van der Waals surface area contributed by atoms with Crippen molar-refractivity contribution in [1.82, 2.24) is 14.5 Å². The summed E-state index contributed by atoms with van der Waals surface area (Å²) < 4.78 is 23.8. The summed E-state index contributed by atoms with van der Waals surface area (Å²) in [5, 5.41) is 12.8.